The number of benzene rings is 1. The molecule has 0 radical (unpaired) electrons. The van der Waals surface area contributed by atoms with Crippen molar-refractivity contribution < 1.29 is 0 Å². The number of halogens is 1. The van der Waals surface area contributed by atoms with Gasteiger partial charge in [-0.15, -0.1) is 0 Å². The van der Waals surface area contributed by atoms with Crippen LogP contribution in [0.1, 0.15) is 50.2 Å². The van der Waals surface area contributed by atoms with Gasteiger partial charge in [0.05, 0.1) is 0 Å². The summed E-state index contributed by atoms with van der Waals surface area (Å²) in [6.07, 6.45) is 9.62. The lowest BCUT2D eigenvalue weighted by atomic mass is 9.68. The summed E-state index contributed by atoms with van der Waals surface area (Å²) in [5.41, 5.74) is 5.48. The number of aromatic nitrogens is 1. The predicted octanol–water partition coefficient (Wildman–Crippen LogP) is 5.66. The predicted molar refractivity (Wildman–Crippen MR) is 104 cm³/mol. The average molecular weight is 343 g/mol. The van der Waals surface area contributed by atoms with E-state index in [1.54, 1.807) is 0 Å². The Labute approximate surface area is 149 Å². The van der Waals surface area contributed by atoms with Crippen molar-refractivity contribution >= 4 is 28.1 Å². The van der Waals surface area contributed by atoms with Gasteiger partial charge in [-0.3, -0.25) is 0 Å². The second kappa shape index (κ2) is 6.24. The molecule has 2 nitrogen and oxygen atoms in total. The minimum absolute atomic E-state index is 0.585. The minimum Gasteiger partial charge on any atom is -0.361 e. The Bertz CT molecular complexity index is 752. The standard InChI is InChI=1S/C21H27ClN2/c1-3-16-12-17-18(14-23-20(17)13-19(16)22)15(2)4-5-21-6-9-24(10-7-21)11-8-21/h12-14,23H,2-11H2,1H3. The molecule has 1 aromatic carbocycles. The third-order valence-corrected chi connectivity index (χ3v) is 6.79. The normalized spacial score (nSPS) is 26.2. The number of aryl methyl sites for hydroxylation is 1. The molecule has 24 heavy (non-hydrogen) atoms. The van der Waals surface area contributed by atoms with Crippen molar-refractivity contribution in [1.29, 1.82) is 0 Å². The molecule has 128 valence electrons. The van der Waals surface area contributed by atoms with Crippen molar-refractivity contribution in [2.45, 2.75) is 45.4 Å². The topological polar surface area (TPSA) is 19.0 Å². The molecule has 3 saturated heterocycles. The van der Waals surface area contributed by atoms with Crippen LogP contribution in [0.2, 0.25) is 5.02 Å². The average Bonchev–Trinajstić information content (AvgIpc) is 3.03. The molecule has 2 bridgehead atoms. The zero-order valence-corrected chi connectivity index (χ0v) is 15.4. The second-order valence-corrected chi connectivity index (χ2v) is 8.15. The van der Waals surface area contributed by atoms with E-state index in [-0.39, 0.29) is 0 Å². The molecule has 5 rings (SSSR count). The molecular weight excluding hydrogens is 316 g/mol. The number of aromatic amines is 1. The molecule has 0 unspecified atom stereocenters. The lowest BCUT2D eigenvalue weighted by Crippen LogP contribution is -2.48. The second-order valence-electron chi connectivity index (χ2n) is 7.74. The van der Waals surface area contributed by atoms with Gasteiger partial charge < -0.3 is 9.88 Å². The van der Waals surface area contributed by atoms with Crippen LogP contribution in [-0.4, -0.2) is 29.5 Å². The van der Waals surface area contributed by atoms with Crippen LogP contribution in [-0.2, 0) is 6.42 Å². The SMILES string of the molecule is C=C(CCC12CCN(CC1)CC2)c1c[nH]c2cc(Cl)c(CC)cc12. The molecule has 0 aliphatic carbocycles. The van der Waals surface area contributed by atoms with E-state index in [4.69, 9.17) is 11.6 Å². The fourth-order valence-corrected chi connectivity index (χ4v) is 4.87. The number of allylic oxidation sites excluding steroid dienone is 1. The lowest BCUT2D eigenvalue weighted by molar-refractivity contribution is 0.0211. The van der Waals surface area contributed by atoms with Crippen LogP contribution in [0.3, 0.4) is 0 Å². The van der Waals surface area contributed by atoms with Crippen molar-refractivity contribution in [3.63, 3.8) is 0 Å². The summed E-state index contributed by atoms with van der Waals surface area (Å²) in [6, 6.07) is 4.30. The summed E-state index contributed by atoms with van der Waals surface area (Å²) in [7, 11) is 0. The molecule has 1 aromatic heterocycles. The first kappa shape index (κ1) is 16.2. The molecule has 0 spiro atoms. The van der Waals surface area contributed by atoms with Gasteiger partial charge in [-0.1, -0.05) is 25.1 Å². The zero-order valence-electron chi connectivity index (χ0n) is 14.6. The van der Waals surface area contributed by atoms with Crippen molar-refractivity contribution in [3.05, 3.63) is 41.1 Å². The number of H-pyrrole nitrogens is 1. The van der Waals surface area contributed by atoms with Crippen molar-refractivity contribution in [2.75, 3.05) is 19.6 Å². The number of nitrogens with one attached hydrogen (secondary N) is 1. The van der Waals surface area contributed by atoms with E-state index < -0.39 is 0 Å². The maximum absolute atomic E-state index is 6.35. The third kappa shape index (κ3) is 2.80. The Hall–Kier alpha value is -1.25. The molecule has 3 fully saturated rings. The van der Waals surface area contributed by atoms with Crippen molar-refractivity contribution in [2.24, 2.45) is 5.41 Å². The molecule has 3 aliphatic heterocycles. The quantitative estimate of drug-likeness (QED) is 0.742. The van der Waals surface area contributed by atoms with Gasteiger partial charge in [0, 0.05) is 27.7 Å². The molecule has 3 heteroatoms. The van der Waals surface area contributed by atoms with Gasteiger partial charge in [-0.25, -0.2) is 0 Å². The highest BCUT2D eigenvalue weighted by atomic mass is 35.5. The fourth-order valence-electron chi connectivity index (χ4n) is 4.57. The fraction of sp³-hybridized carbons (Fsp3) is 0.524. The number of hydrogen-bond donors (Lipinski definition) is 1. The first-order valence-electron chi connectivity index (χ1n) is 9.30. The Kier molecular flexibility index (Phi) is 4.22. The third-order valence-electron chi connectivity index (χ3n) is 6.44. The number of nitrogens with zero attached hydrogens (tertiary/aromatic N) is 1. The number of hydrogen-bond acceptors (Lipinski definition) is 1. The Balaban J connectivity index is 1.53. The van der Waals surface area contributed by atoms with E-state index in [9.17, 15) is 0 Å². The largest absolute Gasteiger partial charge is 0.361 e. The van der Waals surface area contributed by atoms with Crippen LogP contribution in [0, 0.1) is 5.41 Å². The Morgan fingerprint density at radius 1 is 1.25 bits per heavy atom. The number of fused-ring (bicyclic) bond motifs is 4. The highest BCUT2D eigenvalue weighted by Gasteiger charge is 2.38. The van der Waals surface area contributed by atoms with E-state index in [1.165, 1.54) is 67.4 Å². The molecule has 3 aliphatic rings. The van der Waals surface area contributed by atoms with E-state index in [2.05, 4.69) is 41.7 Å². The maximum atomic E-state index is 6.35. The van der Waals surface area contributed by atoms with E-state index in [1.807, 2.05) is 0 Å². The summed E-state index contributed by atoms with van der Waals surface area (Å²) in [4.78, 5) is 6.00. The van der Waals surface area contributed by atoms with Crippen LogP contribution < -0.4 is 0 Å². The van der Waals surface area contributed by atoms with Crippen LogP contribution in [0.25, 0.3) is 16.5 Å². The highest BCUT2D eigenvalue weighted by Crippen LogP contribution is 2.45. The first-order valence-corrected chi connectivity index (χ1v) is 9.68. The smallest absolute Gasteiger partial charge is 0.0475 e. The summed E-state index contributed by atoms with van der Waals surface area (Å²) in [5, 5.41) is 2.13. The van der Waals surface area contributed by atoms with Gasteiger partial charge in [0.25, 0.3) is 0 Å². The number of piperidine rings is 3. The van der Waals surface area contributed by atoms with Crippen molar-refractivity contribution in [1.82, 2.24) is 9.88 Å². The summed E-state index contributed by atoms with van der Waals surface area (Å²) in [6.45, 7) is 10.5. The monoisotopic (exact) mass is 342 g/mol. The molecule has 0 amide bonds. The molecule has 2 aromatic rings. The van der Waals surface area contributed by atoms with E-state index in [0.717, 1.165) is 23.4 Å². The summed E-state index contributed by atoms with van der Waals surface area (Å²) < 4.78 is 0. The summed E-state index contributed by atoms with van der Waals surface area (Å²) >= 11 is 6.35. The summed E-state index contributed by atoms with van der Waals surface area (Å²) in [5.74, 6) is 0. The minimum atomic E-state index is 0.585. The maximum Gasteiger partial charge on any atom is 0.0475 e. The van der Waals surface area contributed by atoms with Gasteiger partial charge in [0.2, 0.25) is 0 Å². The Morgan fingerprint density at radius 2 is 1.96 bits per heavy atom. The van der Waals surface area contributed by atoms with Crippen molar-refractivity contribution in [3.8, 4) is 0 Å². The van der Waals surface area contributed by atoms with E-state index >= 15 is 0 Å². The van der Waals surface area contributed by atoms with Gasteiger partial charge in [0.1, 0.15) is 0 Å². The molecule has 0 atom stereocenters. The van der Waals surface area contributed by atoms with Gasteiger partial charge in [-0.2, -0.15) is 0 Å². The van der Waals surface area contributed by atoms with Crippen LogP contribution in [0.15, 0.2) is 24.9 Å². The van der Waals surface area contributed by atoms with Gasteiger partial charge in [0.15, 0.2) is 0 Å². The zero-order chi connectivity index (χ0) is 16.7. The first-order chi connectivity index (χ1) is 11.6. The lowest BCUT2D eigenvalue weighted by Gasteiger charge is -2.48. The Morgan fingerprint density at radius 3 is 2.62 bits per heavy atom. The van der Waals surface area contributed by atoms with Gasteiger partial charge in [-0.05, 0) is 86.8 Å². The highest BCUT2D eigenvalue weighted by molar-refractivity contribution is 6.32. The van der Waals surface area contributed by atoms with Crippen LogP contribution in [0.5, 0.6) is 0 Å². The van der Waals surface area contributed by atoms with Gasteiger partial charge >= 0.3 is 0 Å². The molecule has 0 saturated carbocycles. The van der Waals surface area contributed by atoms with Crippen LogP contribution in [0.4, 0.5) is 0 Å². The molecule has 4 heterocycles. The number of rotatable bonds is 5. The molecular formula is C21H27ClN2. The van der Waals surface area contributed by atoms with E-state index in [0.29, 0.717) is 5.41 Å². The molecule has 1 N–H and O–H groups in total. The van der Waals surface area contributed by atoms with Crippen LogP contribution >= 0.6 is 11.6 Å².